The monoisotopic (exact) mass is 212 g/mol. The van der Waals surface area contributed by atoms with Crippen molar-refractivity contribution < 1.29 is 0 Å². The van der Waals surface area contributed by atoms with Gasteiger partial charge in [0.1, 0.15) is 0 Å². The van der Waals surface area contributed by atoms with Crippen molar-refractivity contribution in [2.45, 2.75) is 58.9 Å². The number of unbranched alkanes of at least 4 members (excludes halogenated alkanes) is 1. The van der Waals surface area contributed by atoms with Gasteiger partial charge in [0.2, 0.25) is 0 Å². The fourth-order valence-corrected chi connectivity index (χ4v) is 2.66. The van der Waals surface area contributed by atoms with Crippen LogP contribution in [0.4, 0.5) is 0 Å². The van der Waals surface area contributed by atoms with Crippen molar-refractivity contribution in [1.82, 2.24) is 4.90 Å². The van der Waals surface area contributed by atoms with E-state index in [1.807, 2.05) is 0 Å². The Balaban J connectivity index is 2.34. The molecule has 0 aromatic carbocycles. The highest BCUT2D eigenvalue weighted by Crippen LogP contribution is 2.38. The van der Waals surface area contributed by atoms with Gasteiger partial charge in [0.25, 0.3) is 0 Å². The summed E-state index contributed by atoms with van der Waals surface area (Å²) in [4.78, 5) is 2.60. The lowest BCUT2D eigenvalue weighted by Crippen LogP contribution is -2.60. The van der Waals surface area contributed by atoms with E-state index in [-0.39, 0.29) is 0 Å². The molecule has 2 nitrogen and oxygen atoms in total. The molecule has 0 saturated carbocycles. The molecule has 1 aliphatic heterocycles. The van der Waals surface area contributed by atoms with Crippen LogP contribution in [-0.2, 0) is 0 Å². The minimum Gasteiger partial charge on any atom is -0.329 e. The zero-order chi connectivity index (χ0) is 11.3. The van der Waals surface area contributed by atoms with Gasteiger partial charge in [0.15, 0.2) is 0 Å². The van der Waals surface area contributed by atoms with Crippen LogP contribution in [0.25, 0.3) is 0 Å². The maximum atomic E-state index is 5.85. The molecule has 1 unspecified atom stereocenters. The molecular formula is C13H28N2. The van der Waals surface area contributed by atoms with Crippen LogP contribution in [0, 0.1) is 5.41 Å². The molecule has 0 amide bonds. The van der Waals surface area contributed by atoms with Gasteiger partial charge in [-0.05, 0) is 24.7 Å². The average Bonchev–Trinajstić information content (AvgIpc) is 2.22. The second-order valence-electron chi connectivity index (χ2n) is 5.14. The van der Waals surface area contributed by atoms with Crippen molar-refractivity contribution in [1.29, 1.82) is 0 Å². The van der Waals surface area contributed by atoms with Gasteiger partial charge in [-0.1, -0.05) is 33.6 Å². The molecule has 0 aliphatic carbocycles. The topological polar surface area (TPSA) is 29.3 Å². The van der Waals surface area contributed by atoms with Crippen LogP contribution in [0.2, 0.25) is 0 Å². The average molecular weight is 212 g/mol. The third kappa shape index (κ3) is 2.94. The molecule has 1 fully saturated rings. The number of hydrogen-bond donors (Lipinski definition) is 1. The Hall–Kier alpha value is -0.0800. The third-order valence-corrected chi connectivity index (χ3v) is 4.26. The van der Waals surface area contributed by atoms with Crippen molar-refractivity contribution in [3.8, 4) is 0 Å². The van der Waals surface area contributed by atoms with E-state index in [1.54, 1.807) is 0 Å². The molecule has 0 spiro atoms. The van der Waals surface area contributed by atoms with E-state index >= 15 is 0 Å². The summed E-state index contributed by atoms with van der Waals surface area (Å²) in [5.74, 6) is 0. The lowest BCUT2D eigenvalue weighted by Gasteiger charge is -2.53. The van der Waals surface area contributed by atoms with Crippen LogP contribution < -0.4 is 5.73 Å². The van der Waals surface area contributed by atoms with E-state index in [4.69, 9.17) is 5.73 Å². The maximum Gasteiger partial charge on any atom is 0.0218 e. The van der Waals surface area contributed by atoms with E-state index in [0.29, 0.717) is 11.5 Å². The van der Waals surface area contributed by atoms with Crippen LogP contribution >= 0.6 is 0 Å². The number of likely N-dealkylation sites (tertiary alicyclic amines) is 1. The van der Waals surface area contributed by atoms with Gasteiger partial charge >= 0.3 is 0 Å². The van der Waals surface area contributed by atoms with Crippen LogP contribution in [0.3, 0.4) is 0 Å². The predicted octanol–water partition coefficient (Wildman–Crippen LogP) is 2.63. The minimum atomic E-state index is 0.625. The zero-order valence-electron chi connectivity index (χ0n) is 10.8. The van der Waals surface area contributed by atoms with Gasteiger partial charge < -0.3 is 5.73 Å². The first-order valence-corrected chi connectivity index (χ1v) is 6.65. The van der Waals surface area contributed by atoms with E-state index in [9.17, 15) is 0 Å². The van der Waals surface area contributed by atoms with Crippen LogP contribution in [0.1, 0.15) is 52.9 Å². The van der Waals surface area contributed by atoms with Crippen molar-refractivity contribution in [2.75, 3.05) is 19.6 Å². The second-order valence-corrected chi connectivity index (χ2v) is 5.14. The minimum absolute atomic E-state index is 0.625. The SMILES string of the molecule is CCCCC(CN)N1CC(CC)(CC)C1. The number of nitrogens with zero attached hydrogens (tertiary/aromatic N) is 1. The van der Waals surface area contributed by atoms with Gasteiger partial charge in [-0.2, -0.15) is 0 Å². The molecule has 0 radical (unpaired) electrons. The fraction of sp³-hybridized carbons (Fsp3) is 1.00. The molecule has 1 saturated heterocycles. The number of hydrogen-bond acceptors (Lipinski definition) is 2. The molecule has 1 rings (SSSR count). The molecule has 0 aromatic rings. The largest absolute Gasteiger partial charge is 0.329 e. The molecule has 1 atom stereocenters. The molecule has 90 valence electrons. The van der Waals surface area contributed by atoms with Crippen LogP contribution in [0.5, 0.6) is 0 Å². The van der Waals surface area contributed by atoms with Gasteiger partial charge in [-0.15, -0.1) is 0 Å². The zero-order valence-corrected chi connectivity index (χ0v) is 10.8. The molecule has 1 aliphatic rings. The lowest BCUT2D eigenvalue weighted by atomic mass is 9.74. The maximum absolute atomic E-state index is 5.85. The van der Waals surface area contributed by atoms with Gasteiger partial charge in [-0.3, -0.25) is 4.90 Å². The molecule has 0 bridgehead atoms. The normalized spacial score (nSPS) is 22.4. The smallest absolute Gasteiger partial charge is 0.0218 e. The lowest BCUT2D eigenvalue weighted by molar-refractivity contribution is -0.0370. The summed E-state index contributed by atoms with van der Waals surface area (Å²) in [6, 6.07) is 0.649. The summed E-state index contributed by atoms with van der Waals surface area (Å²) in [6.07, 6.45) is 6.55. The van der Waals surface area contributed by atoms with E-state index in [0.717, 1.165) is 6.54 Å². The number of rotatable bonds is 7. The highest BCUT2D eigenvalue weighted by molar-refractivity contribution is 4.96. The van der Waals surface area contributed by atoms with Crippen molar-refractivity contribution in [2.24, 2.45) is 11.1 Å². The molecule has 15 heavy (non-hydrogen) atoms. The third-order valence-electron chi connectivity index (χ3n) is 4.26. The first-order chi connectivity index (χ1) is 7.21. The van der Waals surface area contributed by atoms with Crippen LogP contribution in [-0.4, -0.2) is 30.6 Å². The standard InChI is InChI=1S/C13H28N2/c1-4-7-8-12(9-14)15-10-13(5-2,6-3)11-15/h12H,4-11,14H2,1-3H3. The Kier molecular flexibility index (Phi) is 5.07. The van der Waals surface area contributed by atoms with Gasteiger partial charge in [0, 0.05) is 25.7 Å². The van der Waals surface area contributed by atoms with E-state index in [2.05, 4.69) is 25.7 Å². The molecule has 1 heterocycles. The fourth-order valence-electron chi connectivity index (χ4n) is 2.66. The molecule has 2 N–H and O–H groups in total. The van der Waals surface area contributed by atoms with Crippen molar-refractivity contribution in [3.63, 3.8) is 0 Å². The summed E-state index contributed by atoms with van der Waals surface area (Å²) in [5.41, 5.74) is 6.48. The Morgan fingerprint density at radius 2 is 1.80 bits per heavy atom. The first-order valence-electron chi connectivity index (χ1n) is 6.65. The van der Waals surface area contributed by atoms with E-state index in [1.165, 1.54) is 45.2 Å². The Morgan fingerprint density at radius 1 is 1.20 bits per heavy atom. The predicted molar refractivity (Wildman–Crippen MR) is 67.0 cm³/mol. The quantitative estimate of drug-likeness (QED) is 0.703. The summed E-state index contributed by atoms with van der Waals surface area (Å²) >= 11 is 0. The first kappa shape index (κ1) is 13.0. The Labute approximate surface area is 95.2 Å². The summed E-state index contributed by atoms with van der Waals surface area (Å²) in [6.45, 7) is 10.3. The highest BCUT2D eigenvalue weighted by Gasteiger charge is 2.41. The van der Waals surface area contributed by atoms with Crippen molar-refractivity contribution in [3.05, 3.63) is 0 Å². The molecule has 0 aromatic heterocycles. The van der Waals surface area contributed by atoms with E-state index < -0.39 is 0 Å². The molecule has 2 heteroatoms. The second kappa shape index (κ2) is 5.86. The summed E-state index contributed by atoms with van der Waals surface area (Å²) < 4.78 is 0. The van der Waals surface area contributed by atoms with Crippen LogP contribution in [0.15, 0.2) is 0 Å². The van der Waals surface area contributed by atoms with Gasteiger partial charge in [-0.25, -0.2) is 0 Å². The van der Waals surface area contributed by atoms with Gasteiger partial charge in [0.05, 0.1) is 0 Å². The summed E-state index contributed by atoms with van der Waals surface area (Å²) in [5, 5.41) is 0. The van der Waals surface area contributed by atoms with Crippen molar-refractivity contribution >= 4 is 0 Å². The highest BCUT2D eigenvalue weighted by atomic mass is 15.2. The number of nitrogens with two attached hydrogens (primary N) is 1. The Morgan fingerprint density at radius 3 is 2.20 bits per heavy atom. The summed E-state index contributed by atoms with van der Waals surface area (Å²) in [7, 11) is 0. The Bertz CT molecular complexity index is 167. The molecular weight excluding hydrogens is 184 g/mol.